The van der Waals surface area contributed by atoms with Crippen LogP contribution >= 0.6 is 11.6 Å². The molecule has 33 heavy (non-hydrogen) atoms. The lowest BCUT2D eigenvalue weighted by Gasteiger charge is -2.16. The molecule has 4 rings (SSSR count). The first kappa shape index (κ1) is 22.3. The Morgan fingerprint density at radius 2 is 1.27 bits per heavy atom. The number of aromatic nitrogens is 2. The molecular weight excluding hydrogens is 434 g/mol. The normalized spacial score (nSPS) is 10.5. The van der Waals surface area contributed by atoms with E-state index in [4.69, 9.17) is 11.6 Å². The molecule has 0 aliphatic heterocycles. The van der Waals surface area contributed by atoms with Crippen LogP contribution in [0.5, 0.6) is 0 Å². The summed E-state index contributed by atoms with van der Waals surface area (Å²) in [6.45, 7) is 5.89. The van der Waals surface area contributed by atoms with E-state index < -0.39 is 0 Å². The van der Waals surface area contributed by atoms with Crippen molar-refractivity contribution in [2.24, 2.45) is 0 Å². The number of hydrogen-bond acceptors (Lipinski definition) is 5. The van der Waals surface area contributed by atoms with Crippen molar-refractivity contribution in [3.8, 4) is 0 Å². The summed E-state index contributed by atoms with van der Waals surface area (Å²) in [6, 6.07) is 22.6. The highest BCUT2D eigenvalue weighted by Gasteiger charge is 2.16. The van der Waals surface area contributed by atoms with Crippen molar-refractivity contribution in [1.82, 2.24) is 9.97 Å². The lowest BCUT2D eigenvalue weighted by molar-refractivity contribution is 0.102. The maximum absolute atomic E-state index is 12.9. The Hall–Kier alpha value is -3.90. The Labute approximate surface area is 198 Å². The molecule has 166 valence electrons. The van der Waals surface area contributed by atoms with Crippen LogP contribution in [0.4, 0.5) is 28.8 Å². The maximum atomic E-state index is 12.9. The predicted molar refractivity (Wildman–Crippen MR) is 135 cm³/mol. The molecule has 4 aromatic rings. The van der Waals surface area contributed by atoms with Crippen LogP contribution < -0.4 is 16.0 Å². The second-order valence-electron chi connectivity index (χ2n) is 7.80. The number of carbonyl (C=O) groups excluding carboxylic acids is 1. The first-order chi connectivity index (χ1) is 15.9. The fourth-order valence-corrected chi connectivity index (χ4v) is 3.32. The molecule has 0 radical (unpaired) electrons. The van der Waals surface area contributed by atoms with Crippen LogP contribution in [0.1, 0.15) is 27.2 Å². The molecule has 0 fully saturated rings. The maximum Gasteiger partial charge on any atom is 0.255 e. The van der Waals surface area contributed by atoms with Gasteiger partial charge >= 0.3 is 0 Å². The molecule has 0 aliphatic rings. The molecule has 3 N–H and O–H groups in total. The average Bonchev–Trinajstić information content (AvgIpc) is 2.79. The van der Waals surface area contributed by atoms with E-state index in [1.165, 1.54) is 5.56 Å². The minimum atomic E-state index is -0.274. The highest BCUT2D eigenvalue weighted by molar-refractivity contribution is 6.30. The van der Waals surface area contributed by atoms with Gasteiger partial charge in [0.1, 0.15) is 5.69 Å². The Bertz CT molecular complexity index is 1270. The summed E-state index contributed by atoms with van der Waals surface area (Å²) >= 11 is 5.95. The van der Waals surface area contributed by atoms with Gasteiger partial charge in [-0.1, -0.05) is 47.0 Å². The number of aryl methyl sites for hydroxylation is 3. The smallest absolute Gasteiger partial charge is 0.255 e. The third kappa shape index (κ3) is 5.67. The van der Waals surface area contributed by atoms with E-state index in [0.29, 0.717) is 33.7 Å². The zero-order chi connectivity index (χ0) is 23.4. The van der Waals surface area contributed by atoms with Crippen LogP contribution in [-0.2, 0) is 0 Å². The van der Waals surface area contributed by atoms with Crippen LogP contribution in [0.2, 0.25) is 5.02 Å². The summed E-state index contributed by atoms with van der Waals surface area (Å²) in [6.07, 6.45) is 0. The summed E-state index contributed by atoms with van der Waals surface area (Å²) in [5.41, 5.74) is 5.65. The van der Waals surface area contributed by atoms with Crippen molar-refractivity contribution in [2.45, 2.75) is 20.8 Å². The predicted octanol–water partition coefficient (Wildman–Crippen LogP) is 6.79. The van der Waals surface area contributed by atoms with Crippen molar-refractivity contribution in [2.75, 3.05) is 16.0 Å². The summed E-state index contributed by atoms with van der Waals surface area (Å²) in [5, 5.41) is 10.1. The highest BCUT2D eigenvalue weighted by atomic mass is 35.5. The number of benzene rings is 3. The molecule has 3 aromatic carbocycles. The van der Waals surface area contributed by atoms with Gasteiger partial charge in [-0.2, -0.15) is 4.98 Å². The van der Waals surface area contributed by atoms with Crippen LogP contribution in [0, 0.1) is 20.8 Å². The van der Waals surface area contributed by atoms with E-state index in [-0.39, 0.29) is 5.91 Å². The fourth-order valence-electron chi connectivity index (χ4n) is 3.20. The quantitative estimate of drug-likeness (QED) is 0.297. The lowest BCUT2D eigenvalue weighted by Crippen LogP contribution is -2.16. The van der Waals surface area contributed by atoms with E-state index in [2.05, 4.69) is 25.9 Å². The molecule has 1 amide bonds. The molecule has 0 saturated heterocycles. The van der Waals surface area contributed by atoms with E-state index in [0.717, 1.165) is 16.9 Å². The van der Waals surface area contributed by atoms with Crippen LogP contribution in [0.15, 0.2) is 72.8 Å². The number of anilines is 5. The van der Waals surface area contributed by atoms with Crippen molar-refractivity contribution in [1.29, 1.82) is 0 Å². The Balaban J connectivity index is 1.68. The van der Waals surface area contributed by atoms with E-state index in [1.54, 1.807) is 24.3 Å². The molecule has 0 bridgehead atoms. The Kier molecular flexibility index (Phi) is 6.56. The van der Waals surface area contributed by atoms with E-state index in [1.807, 2.05) is 69.3 Å². The molecule has 0 saturated carbocycles. The molecule has 1 heterocycles. The molecule has 1 aromatic heterocycles. The second-order valence-corrected chi connectivity index (χ2v) is 8.24. The van der Waals surface area contributed by atoms with Gasteiger partial charge < -0.3 is 16.0 Å². The van der Waals surface area contributed by atoms with Crippen LogP contribution in [-0.4, -0.2) is 15.9 Å². The van der Waals surface area contributed by atoms with Crippen molar-refractivity contribution in [3.05, 3.63) is 100 Å². The highest BCUT2D eigenvalue weighted by Crippen LogP contribution is 2.29. The van der Waals surface area contributed by atoms with Gasteiger partial charge in [0.2, 0.25) is 5.95 Å². The summed E-state index contributed by atoms with van der Waals surface area (Å²) in [5.74, 6) is 0.642. The number of nitrogens with zero attached hydrogens (tertiary/aromatic N) is 2. The number of amides is 1. The topological polar surface area (TPSA) is 78.9 Å². The standard InChI is InChI=1S/C26H24ClN5O/c1-16-4-12-21(13-5-16)29-24-23(31-25(33)19-8-10-20(27)11-9-19)18(3)28-26(32-24)30-22-14-6-17(2)7-15-22/h4-15H,1-3H3,(H,31,33)(H2,28,29,30,32). The molecule has 0 atom stereocenters. The number of halogens is 1. The van der Waals surface area contributed by atoms with Gasteiger partial charge in [-0.25, -0.2) is 4.98 Å². The number of nitrogens with one attached hydrogen (secondary N) is 3. The lowest BCUT2D eigenvalue weighted by atomic mass is 10.2. The summed E-state index contributed by atoms with van der Waals surface area (Å²) < 4.78 is 0. The van der Waals surface area contributed by atoms with Crippen molar-refractivity contribution in [3.63, 3.8) is 0 Å². The first-order valence-corrected chi connectivity index (χ1v) is 10.9. The SMILES string of the molecule is Cc1ccc(Nc2nc(C)c(NC(=O)c3ccc(Cl)cc3)c(Nc3ccc(C)cc3)n2)cc1. The largest absolute Gasteiger partial charge is 0.338 e. The average molecular weight is 458 g/mol. The summed E-state index contributed by atoms with van der Waals surface area (Å²) in [4.78, 5) is 22.1. The van der Waals surface area contributed by atoms with Gasteiger partial charge in [-0.15, -0.1) is 0 Å². The monoisotopic (exact) mass is 457 g/mol. The number of hydrogen-bond donors (Lipinski definition) is 3. The third-order valence-electron chi connectivity index (χ3n) is 5.06. The van der Waals surface area contributed by atoms with Gasteiger partial charge in [-0.3, -0.25) is 4.79 Å². The van der Waals surface area contributed by atoms with Gasteiger partial charge in [0.15, 0.2) is 5.82 Å². The molecule has 7 heteroatoms. The fraction of sp³-hybridized carbons (Fsp3) is 0.115. The molecule has 6 nitrogen and oxygen atoms in total. The van der Waals surface area contributed by atoms with Crippen molar-refractivity contribution < 1.29 is 4.79 Å². The van der Waals surface area contributed by atoms with Crippen molar-refractivity contribution >= 4 is 46.3 Å². The first-order valence-electron chi connectivity index (χ1n) is 10.5. The molecule has 0 spiro atoms. The molecular formula is C26H24ClN5O. The van der Waals surface area contributed by atoms with Gasteiger partial charge in [0.05, 0.1) is 5.69 Å². The Morgan fingerprint density at radius 1 is 0.727 bits per heavy atom. The van der Waals surface area contributed by atoms with Gasteiger partial charge in [-0.05, 0) is 69.3 Å². The molecule has 0 aliphatic carbocycles. The minimum absolute atomic E-state index is 0.274. The number of carbonyl (C=O) groups is 1. The van der Waals surface area contributed by atoms with Gasteiger partial charge in [0, 0.05) is 22.0 Å². The zero-order valence-electron chi connectivity index (χ0n) is 18.6. The summed E-state index contributed by atoms with van der Waals surface area (Å²) in [7, 11) is 0. The van der Waals surface area contributed by atoms with Crippen LogP contribution in [0.3, 0.4) is 0 Å². The van der Waals surface area contributed by atoms with E-state index >= 15 is 0 Å². The number of rotatable bonds is 6. The van der Waals surface area contributed by atoms with E-state index in [9.17, 15) is 4.79 Å². The van der Waals surface area contributed by atoms with Gasteiger partial charge in [0.25, 0.3) is 5.91 Å². The third-order valence-corrected chi connectivity index (χ3v) is 5.31. The molecule has 0 unspecified atom stereocenters. The minimum Gasteiger partial charge on any atom is -0.338 e. The Morgan fingerprint density at radius 3 is 1.85 bits per heavy atom. The second kappa shape index (κ2) is 9.71. The van der Waals surface area contributed by atoms with Crippen LogP contribution in [0.25, 0.3) is 0 Å². The zero-order valence-corrected chi connectivity index (χ0v) is 19.4.